The van der Waals surface area contributed by atoms with Crippen molar-refractivity contribution >= 4 is 0 Å². The molecule has 1 rings (SSSR count). The molecule has 1 radical (unpaired) electrons. The van der Waals surface area contributed by atoms with E-state index in [1.54, 1.807) is 12.1 Å². The molecular weight excluding hydrogens is 293 g/mol. The summed E-state index contributed by atoms with van der Waals surface area (Å²) in [7, 11) is 0. The van der Waals surface area contributed by atoms with Crippen LogP contribution in [0.3, 0.4) is 0 Å². The summed E-state index contributed by atoms with van der Waals surface area (Å²) in [6.07, 6.45) is 0.302. The highest BCUT2D eigenvalue weighted by atomic mass is 19.4. The fourth-order valence-electron chi connectivity index (χ4n) is 2.14. The molecule has 1 atom stereocenters. The molecule has 0 saturated heterocycles. The van der Waals surface area contributed by atoms with Gasteiger partial charge >= 0.3 is 6.36 Å². The van der Waals surface area contributed by atoms with Gasteiger partial charge in [0.05, 0.1) is 0 Å². The minimum atomic E-state index is -4.64. The monoisotopic (exact) mass is 317 g/mol. The standard InChI is InChI=1S/C17H24F3O2/c1-3-4-5-12-21-13-6-7-14(2)15-8-10-16(11-9-15)22-17(18,19)20/h8-11,14H,1,3-7,12-13H2,2H3. The van der Waals surface area contributed by atoms with E-state index in [9.17, 15) is 13.2 Å². The molecule has 1 aromatic carbocycles. The predicted molar refractivity (Wildman–Crippen MR) is 80.8 cm³/mol. The second-order valence-electron chi connectivity index (χ2n) is 5.33. The molecule has 0 amide bonds. The first-order valence-electron chi connectivity index (χ1n) is 7.65. The summed E-state index contributed by atoms with van der Waals surface area (Å²) in [5, 5.41) is 0. The zero-order valence-corrected chi connectivity index (χ0v) is 13.0. The summed E-state index contributed by atoms with van der Waals surface area (Å²) >= 11 is 0. The van der Waals surface area contributed by atoms with Crippen LogP contribution in [-0.2, 0) is 4.74 Å². The number of hydrogen-bond acceptors (Lipinski definition) is 2. The van der Waals surface area contributed by atoms with Crippen molar-refractivity contribution in [3.8, 4) is 5.75 Å². The smallest absolute Gasteiger partial charge is 0.406 e. The van der Waals surface area contributed by atoms with E-state index >= 15 is 0 Å². The molecule has 2 nitrogen and oxygen atoms in total. The molecule has 0 aliphatic heterocycles. The van der Waals surface area contributed by atoms with Crippen molar-refractivity contribution < 1.29 is 22.6 Å². The summed E-state index contributed by atoms with van der Waals surface area (Å²) in [4.78, 5) is 0. The van der Waals surface area contributed by atoms with Gasteiger partial charge in [-0.3, -0.25) is 0 Å². The fraction of sp³-hybridized carbons (Fsp3) is 0.588. The predicted octanol–water partition coefficient (Wildman–Crippen LogP) is 5.49. The van der Waals surface area contributed by atoms with E-state index in [0.29, 0.717) is 0 Å². The molecule has 0 aliphatic rings. The lowest BCUT2D eigenvalue weighted by Crippen LogP contribution is -2.17. The number of rotatable bonds is 10. The number of benzene rings is 1. The summed E-state index contributed by atoms with van der Waals surface area (Å²) in [6, 6.07) is 6.07. The van der Waals surface area contributed by atoms with Crippen LogP contribution in [0.15, 0.2) is 24.3 Å². The molecule has 1 aromatic rings. The highest BCUT2D eigenvalue weighted by Gasteiger charge is 2.30. The Hall–Kier alpha value is -1.23. The number of alkyl halides is 3. The summed E-state index contributed by atoms with van der Waals surface area (Å²) in [5.74, 6) is 0.0978. The molecule has 5 heteroatoms. The summed E-state index contributed by atoms with van der Waals surface area (Å²) in [6.45, 7) is 7.32. The van der Waals surface area contributed by atoms with Crippen molar-refractivity contribution in [2.24, 2.45) is 0 Å². The molecule has 0 N–H and O–H groups in total. The Morgan fingerprint density at radius 2 is 1.68 bits per heavy atom. The lowest BCUT2D eigenvalue weighted by molar-refractivity contribution is -0.274. The number of hydrogen-bond donors (Lipinski definition) is 0. The Morgan fingerprint density at radius 1 is 1.05 bits per heavy atom. The second-order valence-corrected chi connectivity index (χ2v) is 5.33. The maximum Gasteiger partial charge on any atom is 0.573 e. The van der Waals surface area contributed by atoms with Gasteiger partial charge in [0.15, 0.2) is 0 Å². The Morgan fingerprint density at radius 3 is 2.27 bits per heavy atom. The zero-order valence-electron chi connectivity index (χ0n) is 13.0. The fourth-order valence-corrected chi connectivity index (χ4v) is 2.14. The third-order valence-electron chi connectivity index (χ3n) is 3.40. The van der Waals surface area contributed by atoms with Gasteiger partial charge in [0, 0.05) is 13.2 Å². The van der Waals surface area contributed by atoms with Crippen LogP contribution in [0, 0.1) is 6.92 Å². The van der Waals surface area contributed by atoms with Crippen molar-refractivity contribution in [1.82, 2.24) is 0 Å². The van der Waals surface area contributed by atoms with Crippen LogP contribution >= 0.6 is 0 Å². The SMILES string of the molecule is [CH2]CCCCOCCCC(C)c1ccc(OC(F)(F)F)cc1. The highest BCUT2D eigenvalue weighted by Crippen LogP contribution is 2.26. The van der Waals surface area contributed by atoms with Crippen molar-refractivity contribution in [2.75, 3.05) is 13.2 Å². The van der Waals surface area contributed by atoms with Gasteiger partial charge in [-0.25, -0.2) is 0 Å². The van der Waals surface area contributed by atoms with Crippen LogP contribution < -0.4 is 4.74 Å². The summed E-state index contributed by atoms with van der Waals surface area (Å²) in [5.41, 5.74) is 1.01. The van der Waals surface area contributed by atoms with Crippen LogP contribution in [0.4, 0.5) is 13.2 Å². The number of halogens is 3. The first-order valence-corrected chi connectivity index (χ1v) is 7.65. The maximum atomic E-state index is 12.1. The lowest BCUT2D eigenvalue weighted by atomic mass is 9.96. The third kappa shape index (κ3) is 8.27. The molecule has 0 aliphatic carbocycles. The highest BCUT2D eigenvalue weighted by molar-refractivity contribution is 5.29. The van der Waals surface area contributed by atoms with E-state index in [0.717, 1.165) is 50.9 Å². The van der Waals surface area contributed by atoms with E-state index in [4.69, 9.17) is 4.74 Å². The molecule has 22 heavy (non-hydrogen) atoms. The van der Waals surface area contributed by atoms with Gasteiger partial charge in [0.25, 0.3) is 0 Å². The Balaban J connectivity index is 2.26. The quantitative estimate of drug-likeness (QED) is 0.531. The van der Waals surface area contributed by atoms with Crippen molar-refractivity contribution in [2.45, 2.75) is 51.3 Å². The van der Waals surface area contributed by atoms with E-state index in [1.165, 1.54) is 12.1 Å². The molecule has 0 saturated carbocycles. The topological polar surface area (TPSA) is 18.5 Å². The number of unbranched alkanes of at least 4 members (excludes halogenated alkanes) is 2. The van der Waals surface area contributed by atoms with Gasteiger partial charge in [-0.05, 0) is 42.9 Å². The molecule has 125 valence electrons. The van der Waals surface area contributed by atoms with Crippen molar-refractivity contribution in [3.05, 3.63) is 36.8 Å². The summed E-state index contributed by atoms with van der Waals surface area (Å²) < 4.78 is 45.6. The minimum Gasteiger partial charge on any atom is -0.406 e. The van der Waals surface area contributed by atoms with Gasteiger partial charge in [-0.1, -0.05) is 38.8 Å². The first-order chi connectivity index (χ1) is 10.4. The van der Waals surface area contributed by atoms with Gasteiger partial charge in [-0.2, -0.15) is 0 Å². The molecule has 1 unspecified atom stereocenters. The molecule has 0 fully saturated rings. The molecule has 0 heterocycles. The Kier molecular flexibility index (Phi) is 8.31. The Bertz CT molecular complexity index is 401. The maximum absolute atomic E-state index is 12.1. The Labute approximate surface area is 130 Å². The van der Waals surface area contributed by atoms with Gasteiger partial charge in [0.1, 0.15) is 5.75 Å². The molecule has 0 aromatic heterocycles. The average Bonchev–Trinajstić information content (AvgIpc) is 2.45. The largest absolute Gasteiger partial charge is 0.573 e. The van der Waals surface area contributed by atoms with Crippen LogP contribution in [0.5, 0.6) is 5.75 Å². The molecule has 0 bridgehead atoms. The van der Waals surface area contributed by atoms with Crippen LogP contribution in [0.1, 0.15) is 50.5 Å². The third-order valence-corrected chi connectivity index (χ3v) is 3.40. The normalized spacial score (nSPS) is 13.1. The second kappa shape index (κ2) is 9.72. The molecule has 0 spiro atoms. The minimum absolute atomic E-state index is 0.183. The van der Waals surface area contributed by atoms with Crippen molar-refractivity contribution in [3.63, 3.8) is 0 Å². The van der Waals surface area contributed by atoms with Gasteiger partial charge in [0.2, 0.25) is 0 Å². The average molecular weight is 317 g/mol. The lowest BCUT2D eigenvalue weighted by Gasteiger charge is -2.13. The zero-order chi connectivity index (χ0) is 16.4. The van der Waals surface area contributed by atoms with Crippen LogP contribution in [-0.4, -0.2) is 19.6 Å². The van der Waals surface area contributed by atoms with E-state index < -0.39 is 6.36 Å². The van der Waals surface area contributed by atoms with E-state index in [-0.39, 0.29) is 11.7 Å². The number of ether oxygens (including phenoxy) is 2. The first kappa shape index (κ1) is 18.8. The van der Waals surface area contributed by atoms with E-state index in [1.807, 2.05) is 0 Å². The van der Waals surface area contributed by atoms with Crippen molar-refractivity contribution in [1.29, 1.82) is 0 Å². The van der Waals surface area contributed by atoms with E-state index in [2.05, 4.69) is 18.6 Å². The van der Waals surface area contributed by atoms with Crippen LogP contribution in [0.2, 0.25) is 0 Å². The van der Waals surface area contributed by atoms with Crippen LogP contribution in [0.25, 0.3) is 0 Å². The van der Waals surface area contributed by atoms with Gasteiger partial charge < -0.3 is 9.47 Å². The van der Waals surface area contributed by atoms with Gasteiger partial charge in [-0.15, -0.1) is 13.2 Å². The molecular formula is C17H24F3O2.